The van der Waals surface area contributed by atoms with E-state index in [-0.39, 0.29) is 12.2 Å². The minimum Gasteiger partial charge on any atom is -0.492 e. The van der Waals surface area contributed by atoms with Crippen LogP contribution in [0, 0.1) is 0 Å². The highest BCUT2D eigenvalue weighted by Gasteiger charge is 2.22. The Hall–Kier alpha value is -5.62. The van der Waals surface area contributed by atoms with E-state index in [1.54, 1.807) is 48.5 Å². The normalized spacial score (nSPS) is 12.4. The zero-order valence-electron chi connectivity index (χ0n) is 24.1. The zero-order chi connectivity index (χ0) is 30.3. The number of benzene rings is 5. The van der Waals surface area contributed by atoms with Crippen LogP contribution in [0.1, 0.15) is 32.6 Å². The Morgan fingerprint density at radius 3 is 1.95 bits per heavy atom. The number of rotatable bonds is 11. The van der Waals surface area contributed by atoms with Gasteiger partial charge in [-0.3, -0.25) is 4.79 Å². The van der Waals surface area contributed by atoms with E-state index in [0.717, 1.165) is 28.1 Å². The van der Waals surface area contributed by atoms with Crippen LogP contribution in [0.5, 0.6) is 5.75 Å². The van der Waals surface area contributed by atoms with Crippen LogP contribution in [-0.2, 0) is 11.2 Å². The molecule has 0 aliphatic carbocycles. The van der Waals surface area contributed by atoms with Gasteiger partial charge in [0, 0.05) is 34.6 Å². The van der Waals surface area contributed by atoms with Gasteiger partial charge >= 0.3 is 5.97 Å². The molecule has 1 aliphatic rings. The van der Waals surface area contributed by atoms with Gasteiger partial charge in [0.05, 0.1) is 6.54 Å². The first kappa shape index (κ1) is 28.5. The second kappa shape index (κ2) is 13.1. The van der Waals surface area contributed by atoms with Gasteiger partial charge in [-0.15, -0.1) is 0 Å². The molecule has 6 heteroatoms. The molecular weight excluding hydrogens is 548 g/mol. The van der Waals surface area contributed by atoms with Gasteiger partial charge in [-0.1, -0.05) is 103 Å². The van der Waals surface area contributed by atoms with Crippen LogP contribution in [0.25, 0.3) is 12.2 Å². The highest BCUT2D eigenvalue weighted by Crippen LogP contribution is 2.36. The first-order valence-corrected chi connectivity index (χ1v) is 14.6. The van der Waals surface area contributed by atoms with Gasteiger partial charge < -0.3 is 20.1 Å². The Balaban J connectivity index is 1.11. The number of fused-ring (bicyclic) bond motifs is 2. The first-order chi connectivity index (χ1) is 21.6. The number of carbonyl (C=O) groups excluding carboxylic acids is 1. The number of hydrogen-bond acceptors (Lipinski definition) is 5. The largest absolute Gasteiger partial charge is 0.492 e. The number of nitrogens with zero attached hydrogens (tertiary/aromatic N) is 1. The van der Waals surface area contributed by atoms with E-state index >= 15 is 0 Å². The van der Waals surface area contributed by atoms with Crippen molar-refractivity contribution in [2.75, 3.05) is 23.4 Å². The van der Waals surface area contributed by atoms with E-state index in [9.17, 15) is 14.7 Å². The molecule has 44 heavy (non-hydrogen) atoms. The second-order valence-electron chi connectivity index (χ2n) is 10.6. The number of carboxylic acids is 1. The highest BCUT2D eigenvalue weighted by molar-refractivity contribution is 6.12. The van der Waals surface area contributed by atoms with E-state index in [1.165, 1.54) is 0 Å². The number of carbonyl (C=O) groups is 2. The molecule has 6 rings (SSSR count). The summed E-state index contributed by atoms with van der Waals surface area (Å²) in [5.41, 5.74) is 6.87. The van der Waals surface area contributed by atoms with Crippen LogP contribution >= 0.6 is 0 Å². The number of carboxylic acid groups (broad SMARTS) is 1. The van der Waals surface area contributed by atoms with Crippen LogP contribution in [0.2, 0.25) is 0 Å². The number of hydrogen-bond donors (Lipinski definition) is 2. The Kier molecular flexibility index (Phi) is 8.50. The molecule has 0 saturated heterocycles. The van der Waals surface area contributed by atoms with Gasteiger partial charge in [0.15, 0.2) is 5.78 Å². The molecule has 1 heterocycles. The molecule has 0 bridgehead atoms. The summed E-state index contributed by atoms with van der Waals surface area (Å²) in [5.74, 6) is -0.454. The maximum atomic E-state index is 13.1. The smallest absolute Gasteiger partial charge is 0.326 e. The summed E-state index contributed by atoms with van der Waals surface area (Å²) in [4.78, 5) is 27.6. The number of nitrogens with one attached hydrogen (secondary N) is 1. The molecular formula is C38H32N2O4. The molecule has 5 aromatic carbocycles. The predicted molar refractivity (Wildman–Crippen MR) is 176 cm³/mol. The van der Waals surface area contributed by atoms with Crippen molar-refractivity contribution in [3.8, 4) is 5.75 Å². The maximum absolute atomic E-state index is 13.1. The molecule has 0 radical (unpaired) electrons. The molecule has 1 unspecified atom stereocenters. The fourth-order valence-corrected chi connectivity index (χ4v) is 5.45. The summed E-state index contributed by atoms with van der Waals surface area (Å²) in [6, 6.07) is 39.2. The van der Waals surface area contributed by atoms with Crippen LogP contribution in [0.3, 0.4) is 0 Å². The van der Waals surface area contributed by atoms with Gasteiger partial charge in [0.25, 0.3) is 0 Å². The fraction of sp³-hybridized carbons (Fsp3) is 0.105. The highest BCUT2D eigenvalue weighted by atomic mass is 16.5. The van der Waals surface area contributed by atoms with Crippen molar-refractivity contribution in [1.82, 2.24) is 0 Å². The lowest BCUT2D eigenvalue weighted by molar-refractivity contribution is -0.137. The summed E-state index contributed by atoms with van der Waals surface area (Å²) in [7, 11) is 0. The molecule has 0 fully saturated rings. The number of ether oxygens (including phenoxy) is 1. The Bertz CT molecular complexity index is 1750. The van der Waals surface area contributed by atoms with Crippen LogP contribution < -0.4 is 15.0 Å². The van der Waals surface area contributed by atoms with Gasteiger partial charge in [0.2, 0.25) is 0 Å². The van der Waals surface area contributed by atoms with Crippen LogP contribution in [0.4, 0.5) is 17.1 Å². The third kappa shape index (κ3) is 6.40. The van der Waals surface area contributed by atoms with E-state index in [2.05, 4.69) is 46.6 Å². The molecule has 0 aromatic heterocycles. The van der Waals surface area contributed by atoms with Gasteiger partial charge in [-0.2, -0.15) is 0 Å². The summed E-state index contributed by atoms with van der Waals surface area (Å²) in [6.07, 6.45) is 4.53. The number of aliphatic carboxylic acids is 1. The van der Waals surface area contributed by atoms with Crippen molar-refractivity contribution >= 4 is 41.0 Å². The van der Waals surface area contributed by atoms with E-state index in [1.807, 2.05) is 54.6 Å². The zero-order valence-corrected chi connectivity index (χ0v) is 24.1. The van der Waals surface area contributed by atoms with E-state index in [4.69, 9.17) is 4.74 Å². The molecule has 0 saturated carbocycles. The minimum absolute atomic E-state index is 0.164. The molecule has 1 atom stereocenters. The minimum atomic E-state index is -1.00. The van der Waals surface area contributed by atoms with Crippen molar-refractivity contribution in [2.45, 2.75) is 12.5 Å². The van der Waals surface area contributed by atoms with Crippen molar-refractivity contribution in [2.24, 2.45) is 0 Å². The van der Waals surface area contributed by atoms with Gasteiger partial charge in [0.1, 0.15) is 18.4 Å². The topological polar surface area (TPSA) is 78.9 Å². The monoisotopic (exact) mass is 580 g/mol. The summed E-state index contributed by atoms with van der Waals surface area (Å²) in [5, 5.41) is 13.1. The third-order valence-corrected chi connectivity index (χ3v) is 7.68. The second-order valence-corrected chi connectivity index (χ2v) is 10.6. The molecule has 5 aromatic rings. The lowest BCUT2D eigenvalue weighted by atomic mass is 10.00. The molecule has 1 aliphatic heterocycles. The average molecular weight is 581 g/mol. The predicted octanol–water partition coefficient (Wildman–Crippen LogP) is 7.73. The standard InChI is InChI=1S/C38H32N2O4/c41-37(30-12-2-1-3-13-30)32-14-6-7-15-33(32)39-34(38(42)43)26-27-18-22-31(23-19-27)44-25-24-40-35-16-8-4-10-28(35)20-21-29-11-5-9-17-36(29)40/h1-23,34,39H,24-26H2,(H,42,43). The van der Waals surface area contributed by atoms with Gasteiger partial charge in [-0.25, -0.2) is 4.79 Å². The van der Waals surface area contributed by atoms with E-state index in [0.29, 0.717) is 35.7 Å². The lowest BCUT2D eigenvalue weighted by Crippen LogP contribution is -2.32. The quantitative estimate of drug-likeness (QED) is 0.156. The summed E-state index contributed by atoms with van der Waals surface area (Å²) in [6.45, 7) is 1.12. The third-order valence-electron chi connectivity index (χ3n) is 7.68. The summed E-state index contributed by atoms with van der Waals surface area (Å²) >= 11 is 0. The lowest BCUT2D eigenvalue weighted by Gasteiger charge is -2.27. The number of para-hydroxylation sites is 3. The van der Waals surface area contributed by atoms with Crippen molar-refractivity contribution in [1.29, 1.82) is 0 Å². The molecule has 6 nitrogen and oxygen atoms in total. The number of anilines is 3. The maximum Gasteiger partial charge on any atom is 0.326 e. The Morgan fingerprint density at radius 1 is 0.705 bits per heavy atom. The Labute approximate surface area is 256 Å². The van der Waals surface area contributed by atoms with Gasteiger partial charge in [-0.05, 0) is 53.1 Å². The average Bonchev–Trinajstić information content (AvgIpc) is 3.22. The van der Waals surface area contributed by atoms with Crippen molar-refractivity contribution < 1.29 is 19.4 Å². The van der Waals surface area contributed by atoms with Crippen LogP contribution in [0.15, 0.2) is 127 Å². The molecule has 2 N–H and O–H groups in total. The Morgan fingerprint density at radius 2 is 1.30 bits per heavy atom. The molecule has 218 valence electrons. The SMILES string of the molecule is O=C(c1ccccc1)c1ccccc1NC(Cc1ccc(OCCN2c3ccccc3C=Cc3ccccc32)cc1)C(=O)O. The molecule has 0 amide bonds. The molecule has 0 spiro atoms. The van der Waals surface area contributed by atoms with Crippen LogP contribution in [-0.4, -0.2) is 36.1 Å². The number of ketones is 1. The van der Waals surface area contributed by atoms with Crippen molar-refractivity contribution in [3.63, 3.8) is 0 Å². The summed E-state index contributed by atoms with van der Waals surface area (Å²) < 4.78 is 6.14. The fourth-order valence-electron chi connectivity index (χ4n) is 5.45. The first-order valence-electron chi connectivity index (χ1n) is 14.6. The van der Waals surface area contributed by atoms with E-state index < -0.39 is 12.0 Å². The van der Waals surface area contributed by atoms with Crippen molar-refractivity contribution in [3.05, 3.63) is 155 Å².